The van der Waals surface area contributed by atoms with E-state index >= 15 is 0 Å². The minimum absolute atomic E-state index is 0.0203. The maximum atomic E-state index is 11.8. The van der Waals surface area contributed by atoms with E-state index in [9.17, 15) is 9.59 Å². The standard InChI is InChI=1S/C15H22O4/c16-11-5-6-12-9-10-14(17)13(12)7-3-1-2-4-8-15(18)19/h1-2,5-6,12-13,16H,3-4,7-11H2,(H,18,19). The molecule has 4 nitrogen and oxygen atoms in total. The van der Waals surface area contributed by atoms with Gasteiger partial charge in [-0.2, -0.15) is 0 Å². The first kappa shape index (κ1) is 15.6. The molecule has 2 atom stereocenters. The van der Waals surface area contributed by atoms with Crippen molar-refractivity contribution in [2.24, 2.45) is 11.8 Å². The van der Waals surface area contributed by atoms with Crippen molar-refractivity contribution in [2.45, 2.75) is 38.5 Å². The predicted molar refractivity (Wildman–Crippen MR) is 72.7 cm³/mol. The van der Waals surface area contributed by atoms with E-state index in [-0.39, 0.29) is 24.9 Å². The van der Waals surface area contributed by atoms with Gasteiger partial charge >= 0.3 is 5.97 Å². The highest BCUT2D eigenvalue weighted by atomic mass is 16.4. The average Bonchev–Trinajstić information content (AvgIpc) is 2.72. The van der Waals surface area contributed by atoms with Crippen molar-refractivity contribution in [1.29, 1.82) is 0 Å². The Kier molecular flexibility index (Phi) is 7.11. The molecule has 0 spiro atoms. The number of hydrogen-bond acceptors (Lipinski definition) is 3. The van der Waals surface area contributed by atoms with Gasteiger partial charge in [0.25, 0.3) is 0 Å². The van der Waals surface area contributed by atoms with E-state index in [1.54, 1.807) is 6.08 Å². The highest BCUT2D eigenvalue weighted by Crippen LogP contribution is 2.33. The smallest absolute Gasteiger partial charge is 0.303 e. The number of hydrogen-bond donors (Lipinski definition) is 2. The molecule has 0 bridgehead atoms. The second-order valence-electron chi connectivity index (χ2n) is 4.87. The molecule has 0 aromatic carbocycles. The van der Waals surface area contributed by atoms with Crippen LogP contribution in [0.15, 0.2) is 24.3 Å². The molecule has 19 heavy (non-hydrogen) atoms. The van der Waals surface area contributed by atoms with E-state index in [0.29, 0.717) is 18.6 Å². The van der Waals surface area contributed by atoms with Crippen molar-refractivity contribution in [2.75, 3.05) is 6.61 Å². The molecule has 2 N–H and O–H groups in total. The molecule has 0 radical (unpaired) electrons. The minimum Gasteiger partial charge on any atom is -0.481 e. The molecule has 0 heterocycles. The van der Waals surface area contributed by atoms with Crippen LogP contribution in [0.2, 0.25) is 0 Å². The van der Waals surface area contributed by atoms with E-state index in [1.165, 1.54) is 0 Å². The van der Waals surface area contributed by atoms with E-state index in [0.717, 1.165) is 19.3 Å². The Morgan fingerprint density at radius 2 is 2.00 bits per heavy atom. The molecule has 0 amide bonds. The van der Waals surface area contributed by atoms with Crippen molar-refractivity contribution >= 4 is 11.8 Å². The molecule has 1 aliphatic rings. The topological polar surface area (TPSA) is 74.6 Å². The van der Waals surface area contributed by atoms with E-state index < -0.39 is 5.97 Å². The molecule has 1 saturated carbocycles. The number of carboxylic acid groups (broad SMARTS) is 1. The zero-order chi connectivity index (χ0) is 14.1. The SMILES string of the molecule is O=C(O)CCC=CCCC1C(=O)CCC1C=CCO. The third-order valence-electron chi connectivity index (χ3n) is 3.48. The summed E-state index contributed by atoms with van der Waals surface area (Å²) in [4.78, 5) is 22.1. The Morgan fingerprint density at radius 1 is 1.26 bits per heavy atom. The molecule has 4 heteroatoms. The fourth-order valence-corrected chi connectivity index (χ4v) is 2.49. The highest BCUT2D eigenvalue weighted by Gasteiger charge is 2.31. The van der Waals surface area contributed by atoms with Crippen LogP contribution in [0.3, 0.4) is 0 Å². The van der Waals surface area contributed by atoms with Crippen LogP contribution in [-0.2, 0) is 9.59 Å². The summed E-state index contributed by atoms with van der Waals surface area (Å²) in [5.41, 5.74) is 0. The fraction of sp³-hybridized carbons (Fsp3) is 0.600. The summed E-state index contributed by atoms with van der Waals surface area (Å²) >= 11 is 0. The Bertz CT molecular complexity index is 357. The van der Waals surface area contributed by atoms with Crippen LogP contribution in [0.5, 0.6) is 0 Å². The number of carbonyl (C=O) groups excluding carboxylic acids is 1. The largest absolute Gasteiger partial charge is 0.481 e. The van der Waals surface area contributed by atoms with Crippen molar-refractivity contribution in [1.82, 2.24) is 0 Å². The molecule has 1 rings (SSSR count). The summed E-state index contributed by atoms with van der Waals surface area (Å²) in [7, 11) is 0. The Hall–Kier alpha value is -1.42. The first-order chi connectivity index (χ1) is 9.15. The molecule has 0 aromatic rings. The van der Waals surface area contributed by atoms with Gasteiger partial charge in [0, 0.05) is 18.8 Å². The maximum Gasteiger partial charge on any atom is 0.303 e. The number of rotatable bonds is 8. The van der Waals surface area contributed by atoms with Crippen molar-refractivity contribution in [3.05, 3.63) is 24.3 Å². The number of aliphatic hydroxyl groups is 1. The van der Waals surface area contributed by atoms with Gasteiger partial charge in [0.15, 0.2) is 0 Å². The summed E-state index contributed by atoms with van der Waals surface area (Å²) < 4.78 is 0. The molecule has 0 aromatic heterocycles. The summed E-state index contributed by atoms with van der Waals surface area (Å²) in [5.74, 6) is -0.157. The number of aliphatic hydroxyl groups excluding tert-OH is 1. The number of carbonyl (C=O) groups is 2. The first-order valence-electron chi connectivity index (χ1n) is 6.82. The van der Waals surface area contributed by atoms with Gasteiger partial charge in [0.1, 0.15) is 5.78 Å². The molecule has 0 aliphatic heterocycles. The molecule has 106 valence electrons. The molecular formula is C15H22O4. The summed E-state index contributed by atoms with van der Waals surface area (Å²) in [5, 5.41) is 17.3. The summed E-state index contributed by atoms with van der Waals surface area (Å²) in [6.45, 7) is 0.0203. The molecular weight excluding hydrogens is 244 g/mol. The average molecular weight is 266 g/mol. The lowest BCUT2D eigenvalue weighted by Gasteiger charge is -2.13. The second kappa shape index (κ2) is 8.64. The van der Waals surface area contributed by atoms with Gasteiger partial charge in [0.05, 0.1) is 6.61 Å². The Labute approximate surface area is 113 Å². The molecule has 0 saturated heterocycles. The van der Waals surface area contributed by atoms with Crippen LogP contribution in [0, 0.1) is 11.8 Å². The number of ketones is 1. The summed E-state index contributed by atoms with van der Waals surface area (Å²) in [6, 6.07) is 0. The van der Waals surface area contributed by atoms with E-state index in [4.69, 9.17) is 10.2 Å². The zero-order valence-electron chi connectivity index (χ0n) is 11.1. The van der Waals surface area contributed by atoms with Gasteiger partial charge in [-0.1, -0.05) is 24.3 Å². The normalized spacial score (nSPS) is 23.7. The molecule has 1 fully saturated rings. The monoisotopic (exact) mass is 266 g/mol. The third-order valence-corrected chi connectivity index (χ3v) is 3.48. The van der Waals surface area contributed by atoms with Crippen molar-refractivity contribution in [3.63, 3.8) is 0 Å². The van der Waals surface area contributed by atoms with Crippen LogP contribution in [-0.4, -0.2) is 28.6 Å². The fourth-order valence-electron chi connectivity index (χ4n) is 2.49. The quantitative estimate of drug-likeness (QED) is 0.661. The number of Topliss-reactive ketones (excluding diaryl/α,β-unsaturated/α-hetero) is 1. The molecule has 2 unspecified atom stereocenters. The van der Waals surface area contributed by atoms with Gasteiger partial charge in [0.2, 0.25) is 0 Å². The van der Waals surface area contributed by atoms with Gasteiger partial charge in [-0.15, -0.1) is 0 Å². The van der Waals surface area contributed by atoms with Crippen LogP contribution in [0.1, 0.15) is 38.5 Å². The van der Waals surface area contributed by atoms with E-state index in [1.807, 2.05) is 18.2 Å². The van der Waals surface area contributed by atoms with Crippen molar-refractivity contribution in [3.8, 4) is 0 Å². The van der Waals surface area contributed by atoms with Gasteiger partial charge in [-0.05, 0) is 31.6 Å². The first-order valence-corrected chi connectivity index (χ1v) is 6.82. The maximum absolute atomic E-state index is 11.8. The number of carboxylic acids is 1. The number of aliphatic carboxylic acids is 1. The van der Waals surface area contributed by atoms with Gasteiger partial charge in [-0.25, -0.2) is 0 Å². The Morgan fingerprint density at radius 3 is 2.68 bits per heavy atom. The van der Waals surface area contributed by atoms with E-state index in [2.05, 4.69) is 0 Å². The highest BCUT2D eigenvalue weighted by molar-refractivity contribution is 5.83. The van der Waals surface area contributed by atoms with Gasteiger partial charge < -0.3 is 10.2 Å². The van der Waals surface area contributed by atoms with Crippen LogP contribution in [0.25, 0.3) is 0 Å². The van der Waals surface area contributed by atoms with Crippen LogP contribution >= 0.6 is 0 Å². The third kappa shape index (κ3) is 5.83. The lowest BCUT2D eigenvalue weighted by molar-refractivity contribution is -0.136. The Balaban J connectivity index is 2.31. The van der Waals surface area contributed by atoms with Crippen LogP contribution < -0.4 is 0 Å². The summed E-state index contributed by atoms with van der Waals surface area (Å²) in [6.07, 6.45) is 11.3. The van der Waals surface area contributed by atoms with Crippen LogP contribution in [0.4, 0.5) is 0 Å². The lowest BCUT2D eigenvalue weighted by atomic mass is 9.90. The predicted octanol–water partition coefficient (Wildman–Crippen LogP) is 2.33. The van der Waals surface area contributed by atoms with Crippen molar-refractivity contribution < 1.29 is 19.8 Å². The molecule has 1 aliphatic carbocycles. The van der Waals surface area contributed by atoms with Gasteiger partial charge in [-0.3, -0.25) is 9.59 Å². The lowest BCUT2D eigenvalue weighted by Crippen LogP contribution is -2.13. The second-order valence-corrected chi connectivity index (χ2v) is 4.87. The number of allylic oxidation sites excluding steroid dienone is 3. The minimum atomic E-state index is -0.787. The zero-order valence-corrected chi connectivity index (χ0v) is 11.1.